The van der Waals surface area contributed by atoms with Crippen LogP contribution >= 0.6 is 0 Å². The molecule has 0 radical (unpaired) electrons. The fraction of sp³-hybridized carbons (Fsp3) is 0.893. The van der Waals surface area contributed by atoms with Crippen LogP contribution in [0.4, 0.5) is 0 Å². The Balaban J connectivity index is 4.14. The summed E-state index contributed by atoms with van der Waals surface area (Å²) in [4.78, 5) is 35.7. The Morgan fingerprint density at radius 1 is 0.559 bits per heavy atom. The summed E-state index contributed by atoms with van der Waals surface area (Å²) in [6.45, 7) is 4.42. The van der Waals surface area contributed by atoms with Gasteiger partial charge >= 0.3 is 11.9 Å². The van der Waals surface area contributed by atoms with E-state index < -0.39 is 23.9 Å². The molecule has 1 amide bonds. The highest BCUT2D eigenvalue weighted by atomic mass is 16.4. The average Bonchev–Trinajstić information content (AvgIpc) is 2.80. The van der Waals surface area contributed by atoms with Crippen LogP contribution in [0.3, 0.4) is 0 Å². The van der Waals surface area contributed by atoms with E-state index in [0.29, 0.717) is 12.8 Å². The number of carbonyl (C=O) groups is 3. The molecule has 0 fully saturated rings. The predicted molar refractivity (Wildman–Crippen MR) is 139 cm³/mol. The monoisotopic (exact) mass is 483 g/mol. The Morgan fingerprint density at radius 2 is 0.941 bits per heavy atom. The molecule has 0 aromatic heterocycles. The van der Waals surface area contributed by atoms with E-state index in [2.05, 4.69) is 19.2 Å². The number of rotatable bonds is 25. The number of hydrogen-bond acceptors (Lipinski definition) is 3. The summed E-state index contributed by atoms with van der Waals surface area (Å²) < 4.78 is 0. The third-order valence-corrected chi connectivity index (χ3v) is 6.68. The van der Waals surface area contributed by atoms with Crippen LogP contribution in [0, 0.1) is 5.92 Å². The first-order valence-corrected chi connectivity index (χ1v) is 14.2. The zero-order chi connectivity index (χ0) is 25.4. The number of carboxylic acids is 2. The molecule has 0 aromatic rings. The lowest BCUT2D eigenvalue weighted by Crippen LogP contribution is -2.48. The molecular weight excluding hydrogens is 430 g/mol. The van der Waals surface area contributed by atoms with Crippen LogP contribution in [-0.4, -0.2) is 34.1 Å². The molecule has 0 saturated carbocycles. The molecule has 0 spiro atoms. The summed E-state index contributed by atoms with van der Waals surface area (Å²) in [6, 6.07) is -1.36. The van der Waals surface area contributed by atoms with Crippen LogP contribution in [-0.2, 0) is 14.4 Å². The summed E-state index contributed by atoms with van der Waals surface area (Å²) in [5.74, 6) is -3.85. The largest absolute Gasteiger partial charge is 0.481 e. The second kappa shape index (κ2) is 23.2. The van der Waals surface area contributed by atoms with Crippen LogP contribution in [0.2, 0.25) is 0 Å². The summed E-state index contributed by atoms with van der Waals surface area (Å²) in [5, 5.41) is 21.6. The second-order valence-corrected chi connectivity index (χ2v) is 9.88. The lowest BCUT2D eigenvalue weighted by Gasteiger charge is -2.21. The number of aliphatic carboxylic acids is 2. The van der Waals surface area contributed by atoms with Gasteiger partial charge in [-0.2, -0.15) is 0 Å². The topological polar surface area (TPSA) is 104 Å². The van der Waals surface area contributed by atoms with Gasteiger partial charge in [-0.25, -0.2) is 4.79 Å². The fourth-order valence-corrected chi connectivity index (χ4v) is 4.46. The third kappa shape index (κ3) is 18.8. The molecule has 0 saturated heterocycles. The van der Waals surface area contributed by atoms with E-state index in [4.69, 9.17) is 0 Å². The van der Waals surface area contributed by atoms with Crippen LogP contribution in [0.15, 0.2) is 0 Å². The SMILES string of the molecule is CCCCCCCCCCCCC(C(=O)O)[C@H](NC(=O)CCCCCCCCCCC)C(=O)O. The minimum atomic E-state index is -1.36. The summed E-state index contributed by atoms with van der Waals surface area (Å²) in [6.07, 6.45) is 22.1. The first-order chi connectivity index (χ1) is 16.4. The number of amides is 1. The fourth-order valence-electron chi connectivity index (χ4n) is 4.46. The van der Waals surface area contributed by atoms with Crippen molar-refractivity contribution in [3.05, 3.63) is 0 Å². The number of carbonyl (C=O) groups excluding carboxylic acids is 1. The van der Waals surface area contributed by atoms with Crippen LogP contribution in [0.25, 0.3) is 0 Å². The van der Waals surface area contributed by atoms with Gasteiger partial charge in [0.25, 0.3) is 0 Å². The third-order valence-electron chi connectivity index (χ3n) is 6.68. The quantitative estimate of drug-likeness (QED) is 0.117. The lowest BCUT2D eigenvalue weighted by atomic mass is 9.92. The van der Waals surface area contributed by atoms with Crippen molar-refractivity contribution in [3.63, 3.8) is 0 Å². The standard InChI is InChI=1S/C28H53NO5/c1-3-5-7-9-11-13-15-16-18-20-22-24(27(31)32)26(28(33)34)29-25(30)23-21-19-17-14-12-10-8-6-4-2/h24,26H,3-23H2,1-2H3,(H,29,30)(H,31,32)(H,33,34)/t24?,26-/m0/s1. The Kier molecular flexibility index (Phi) is 22.1. The van der Waals surface area contributed by atoms with Gasteiger partial charge in [0.05, 0.1) is 5.92 Å². The molecule has 0 heterocycles. The van der Waals surface area contributed by atoms with Gasteiger partial charge in [-0.1, -0.05) is 129 Å². The van der Waals surface area contributed by atoms with Crippen molar-refractivity contribution in [2.24, 2.45) is 5.92 Å². The van der Waals surface area contributed by atoms with Crippen molar-refractivity contribution in [1.82, 2.24) is 5.32 Å². The molecule has 0 aromatic carbocycles. The van der Waals surface area contributed by atoms with Gasteiger partial charge in [0, 0.05) is 6.42 Å². The normalized spacial score (nSPS) is 12.9. The van der Waals surface area contributed by atoms with Crippen LogP contribution in [0.5, 0.6) is 0 Å². The predicted octanol–water partition coefficient (Wildman–Crippen LogP) is 7.49. The van der Waals surface area contributed by atoms with E-state index in [1.807, 2.05) is 0 Å². The highest BCUT2D eigenvalue weighted by Gasteiger charge is 2.34. The maximum Gasteiger partial charge on any atom is 0.327 e. The summed E-state index contributed by atoms with van der Waals surface area (Å²) >= 11 is 0. The van der Waals surface area contributed by atoms with Crippen molar-refractivity contribution in [3.8, 4) is 0 Å². The first kappa shape index (κ1) is 32.4. The molecule has 1 unspecified atom stereocenters. The van der Waals surface area contributed by atoms with Gasteiger partial charge in [-0.15, -0.1) is 0 Å². The van der Waals surface area contributed by atoms with E-state index in [1.54, 1.807) is 0 Å². The van der Waals surface area contributed by atoms with Crippen LogP contribution in [0.1, 0.15) is 149 Å². The molecule has 0 bridgehead atoms. The average molecular weight is 484 g/mol. The Hall–Kier alpha value is -1.59. The van der Waals surface area contributed by atoms with Gasteiger partial charge in [-0.05, 0) is 12.8 Å². The molecule has 0 aliphatic heterocycles. The zero-order valence-corrected chi connectivity index (χ0v) is 22.1. The van der Waals surface area contributed by atoms with Crippen LogP contribution < -0.4 is 5.32 Å². The smallest absolute Gasteiger partial charge is 0.327 e. The van der Waals surface area contributed by atoms with Crippen molar-refractivity contribution in [2.75, 3.05) is 0 Å². The molecule has 0 aliphatic carbocycles. The Labute approximate surface area is 208 Å². The molecule has 6 heteroatoms. The molecule has 34 heavy (non-hydrogen) atoms. The van der Waals surface area contributed by atoms with Gasteiger partial charge in [-0.3, -0.25) is 9.59 Å². The van der Waals surface area contributed by atoms with Crippen molar-refractivity contribution in [1.29, 1.82) is 0 Å². The molecule has 6 nitrogen and oxygen atoms in total. The highest BCUT2D eigenvalue weighted by Crippen LogP contribution is 2.18. The molecule has 2 atom stereocenters. The number of carboxylic acid groups (broad SMARTS) is 2. The first-order valence-electron chi connectivity index (χ1n) is 14.2. The van der Waals surface area contributed by atoms with Gasteiger partial charge in [0.1, 0.15) is 6.04 Å². The number of hydrogen-bond donors (Lipinski definition) is 3. The molecule has 0 rings (SSSR count). The van der Waals surface area contributed by atoms with Gasteiger partial charge in [0.2, 0.25) is 5.91 Å². The van der Waals surface area contributed by atoms with E-state index in [1.165, 1.54) is 77.0 Å². The van der Waals surface area contributed by atoms with E-state index >= 15 is 0 Å². The molecule has 200 valence electrons. The van der Waals surface area contributed by atoms with E-state index in [-0.39, 0.29) is 18.7 Å². The van der Waals surface area contributed by atoms with Crippen molar-refractivity contribution >= 4 is 17.8 Å². The van der Waals surface area contributed by atoms with Crippen molar-refractivity contribution in [2.45, 2.75) is 155 Å². The number of nitrogens with one attached hydrogen (secondary N) is 1. The maximum atomic E-state index is 12.3. The molecule has 3 N–H and O–H groups in total. The highest BCUT2D eigenvalue weighted by molar-refractivity contribution is 5.88. The summed E-state index contributed by atoms with van der Waals surface area (Å²) in [5.41, 5.74) is 0. The minimum Gasteiger partial charge on any atom is -0.481 e. The summed E-state index contributed by atoms with van der Waals surface area (Å²) in [7, 11) is 0. The van der Waals surface area contributed by atoms with Crippen molar-refractivity contribution < 1.29 is 24.6 Å². The maximum absolute atomic E-state index is 12.3. The van der Waals surface area contributed by atoms with Gasteiger partial charge in [0.15, 0.2) is 0 Å². The van der Waals surface area contributed by atoms with Gasteiger partial charge < -0.3 is 15.5 Å². The van der Waals surface area contributed by atoms with E-state index in [0.717, 1.165) is 32.1 Å². The van der Waals surface area contributed by atoms with E-state index in [9.17, 15) is 24.6 Å². The number of unbranched alkanes of at least 4 members (excludes halogenated alkanes) is 17. The Morgan fingerprint density at radius 3 is 1.32 bits per heavy atom. The Bertz CT molecular complexity index is 523. The minimum absolute atomic E-state index is 0.254. The molecular formula is C28H53NO5. The second-order valence-electron chi connectivity index (χ2n) is 9.88. The molecule has 0 aliphatic rings. The zero-order valence-electron chi connectivity index (χ0n) is 22.1. The lowest BCUT2D eigenvalue weighted by molar-refractivity contribution is -0.152.